The van der Waals surface area contributed by atoms with E-state index in [0.29, 0.717) is 0 Å². The van der Waals surface area contributed by atoms with Crippen LogP contribution in [0.1, 0.15) is 45.1 Å². The van der Waals surface area contributed by atoms with E-state index in [-0.39, 0.29) is 0 Å². The lowest BCUT2D eigenvalue weighted by molar-refractivity contribution is 0.202. The van der Waals surface area contributed by atoms with Gasteiger partial charge in [-0.1, -0.05) is 51.0 Å². The Morgan fingerprint density at radius 3 is 2.00 bits per heavy atom. The molecule has 1 aromatic carbocycles. The van der Waals surface area contributed by atoms with Gasteiger partial charge in [-0.15, -0.1) is 0 Å². The molecule has 2 nitrogen and oxygen atoms in total. The molecule has 3 heteroatoms. The van der Waals surface area contributed by atoms with Crippen molar-refractivity contribution in [2.24, 2.45) is 0 Å². The molecule has 1 aromatic rings. The number of rotatable bonds is 9. The maximum absolute atomic E-state index is 6.01. The average Bonchev–Trinajstić information content (AvgIpc) is 2.38. The summed E-state index contributed by atoms with van der Waals surface area (Å²) in [6, 6.07) is 8.45. The van der Waals surface area contributed by atoms with E-state index in [0.717, 1.165) is 26.1 Å². The lowest BCUT2D eigenvalue weighted by Crippen LogP contribution is -2.39. The van der Waals surface area contributed by atoms with Crippen LogP contribution >= 0.6 is 0 Å². The first kappa shape index (κ1) is 15.4. The van der Waals surface area contributed by atoms with E-state index in [1.54, 1.807) is 0 Å². The van der Waals surface area contributed by atoms with E-state index in [9.17, 15) is 0 Å². The van der Waals surface area contributed by atoms with Gasteiger partial charge >= 0.3 is 9.28 Å². The van der Waals surface area contributed by atoms with Crippen molar-refractivity contribution in [1.82, 2.24) is 0 Å². The Labute approximate surface area is 113 Å². The summed E-state index contributed by atoms with van der Waals surface area (Å²) in [5.74, 6) is 0. The van der Waals surface area contributed by atoms with Gasteiger partial charge in [-0.05, 0) is 30.5 Å². The summed E-state index contributed by atoms with van der Waals surface area (Å²) < 4.78 is 12.0. The second kappa shape index (κ2) is 9.31. The molecule has 0 unspecified atom stereocenters. The fraction of sp³-hybridized carbons (Fsp3) is 0.600. The third-order valence-corrected chi connectivity index (χ3v) is 5.21. The highest BCUT2D eigenvalue weighted by Crippen LogP contribution is 2.02. The molecule has 0 aliphatic carbocycles. The summed E-state index contributed by atoms with van der Waals surface area (Å²) in [6.45, 7) is 8.17. The molecule has 0 aliphatic rings. The molecule has 0 heterocycles. The predicted octanol–water partition coefficient (Wildman–Crippen LogP) is 3.06. The molecule has 102 valence electrons. The molecular formula is C15H26O2Si. The zero-order valence-corrected chi connectivity index (χ0v) is 13.1. The van der Waals surface area contributed by atoms with E-state index in [2.05, 4.69) is 45.0 Å². The molecule has 0 saturated heterocycles. The summed E-state index contributed by atoms with van der Waals surface area (Å²) in [5.41, 5.74) is 1.29. The molecule has 0 amide bonds. The van der Waals surface area contributed by atoms with Crippen LogP contribution in [-0.4, -0.2) is 22.5 Å². The van der Waals surface area contributed by atoms with Crippen molar-refractivity contribution in [2.45, 2.75) is 46.5 Å². The zero-order valence-electron chi connectivity index (χ0n) is 11.9. The normalized spacial score (nSPS) is 11.1. The van der Waals surface area contributed by atoms with Gasteiger partial charge in [0, 0.05) is 13.2 Å². The molecule has 0 radical (unpaired) electrons. The summed E-state index contributed by atoms with van der Waals surface area (Å²) in [5, 5.41) is 1.30. The van der Waals surface area contributed by atoms with Crippen molar-refractivity contribution in [3.8, 4) is 0 Å². The van der Waals surface area contributed by atoms with Gasteiger partial charge in [0.25, 0.3) is 0 Å². The standard InChI is InChI=1S/C15H26O2Si/c1-4-6-12-16-18(17-13-7-5-2)15-11-9-8-10-14(15)3/h8-11,18H,4-7,12-13H2,1-3H3. The van der Waals surface area contributed by atoms with Gasteiger partial charge < -0.3 is 8.85 Å². The Morgan fingerprint density at radius 1 is 0.944 bits per heavy atom. The molecular weight excluding hydrogens is 240 g/mol. The molecule has 0 spiro atoms. The molecule has 0 bridgehead atoms. The van der Waals surface area contributed by atoms with Crippen molar-refractivity contribution >= 4 is 14.5 Å². The van der Waals surface area contributed by atoms with Crippen LogP contribution in [0.5, 0.6) is 0 Å². The highest BCUT2D eigenvalue weighted by molar-refractivity contribution is 6.61. The highest BCUT2D eigenvalue weighted by Gasteiger charge is 2.18. The highest BCUT2D eigenvalue weighted by atomic mass is 28.3. The van der Waals surface area contributed by atoms with Gasteiger partial charge in [-0.2, -0.15) is 0 Å². The topological polar surface area (TPSA) is 18.5 Å². The minimum absolute atomic E-state index is 0.827. The first-order valence-corrected chi connectivity index (χ1v) is 8.60. The molecule has 0 atom stereocenters. The number of aryl methyl sites for hydroxylation is 1. The van der Waals surface area contributed by atoms with Crippen LogP contribution < -0.4 is 5.19 Å². The Bertz CT molecular complexity index is 318. The van der Waals surface area contributed by atoms with Gasteiger partial charge in [0.1, 0.15) is 0 Å². The van der Waals surface area contributed by atoms with Crippen LogP contribution in [0.3, 0.4) is 0 Å². The van der Waals surface area contributed by atoms with Crippen LogP contribution in [0.25, 0.3) is 0 Å². The van der Waals surface area contributed by atoms with Crippen molar-refractivity contribution in [3.05, 3.63) is 29.8 Å². The predicted molar refractivity (Wildman–Crippen MR) is 79.7 cm³/mol. The summed E-state index contributed by atoms with van der Waals surface area (Å²) in [6.07, 6.45) is 4.58. The zero-order chi connectivity index (χ0) is 13.2. The van der Waals surface area contributed by atoms with Gasteiger partial charge in [0.05, 0.1) is 0 Å². The summed E-state index contributed by atoms with van der Waals surface area (Å²) in [4.78, 5) is 0. The van der Waals surface area contributed by atoms with E-state index < -0.39 is 9.28 Å². The minimum atomic E-state index is -1.69. The molecule has 0 fully saturated rings. The van der Waals surface area contributed by atoms with Crippen LogP contribution in [0.15, 0.2) is 24.3 Å². The summed E-state index contributed by atoms with van der Waals surface area (Å²) >= 11 is 0. The third-order valence-electron chi connectivity index (χ3n) is 2.98. The van der Waals surface area contributed by atoms with Crippen molar-refractivity contribution < 1.29 is 8.85 Å². The van der Waals surface area contributed by atoms with Crippen LogP contribution in [0.2, 0.25) is 0 Å². The Kier molecular flexibility index (Phi) is 7.97. The van der Waals surface area contributed by atoms with E-state index in [4.69, 9.17) is 8.85 Å². The smallest absolute Gasteiger partial charge is 0.356 e. The van der Waals surface area contributed by atoms with Crippen LogP contribution in [0.4, 0.5) is 0 Å². The lowest BCUT2D eigenvalue weighted by Gasteiger charge is -2.18. The molecule has 1 rings (SSSR count). The fourth-order valence-corrected chi connectivity index (χ4v) is 3.70. The molecule has 0 saturated carbocycles. The summed E-state index contributed by atoms with van der Waals surface area (Å²) in [7, 11) is -1.69. The van der Waals surface area contributed by atoms with E-state index in [1.807, 2.05) is 0 Å². The Balaban J connectivity index is 2.60. The minimum Gasteiger partial charge on any atom is -0.393 e. The Hall–Kier alpha value is -0.643. The number of hydrogen-bond acceptors (Lipinski definition) is 2. The quantitative estimate of drug-likeness (QED) is 0.505. The lowest BCUT2D eigenvalue weighted by atomic mass is 10.2. The largest absolute Gasteiger partial charge is 0.393 e. The first-order chi connectivity index (χ1) is 8.79. The third kappa shape index (κ3) is 5.34. The van der Waals surface area contributed by atoms with Crippen LogP contribution in [-0.2, 0) is 8.85 Å². The first-order valence-electron chi connectivity index (χ1n) is 7.08. The Morgan fingerprint density at radius 2 is 1.50 bits per heavy atom. The maximum atomic E-state index is 6.01. The molecule has 0 N–H and O–H groups in total. The van der Waals surface area contributed by atoms with Gasteiger partial charge in [-0.25, -0.2) is 0 Å². The number of unbranched alkanes of at least 4 members (excludes halogenated alkanes) is 2. The number of benzene rings is 1. The van der Waals surface area contributed by atoms with Gasteiger partial charge in [0.2, 0.25) is 0 Å². The second-order valence-corrected chi connectivity index (χ2v) is 6.59. The average molecular weight is 266 g/mol. The maximum Gasteiger partial charge on any atom is 0.356 e. The van der Waals surface area contributed by atoms with Crippen molar-refractivity contribution in [2.75, 3.05) is 13.2 Å². The van der Waals surface area contributed by atoms with Crippen molar-refractivity contribution in [1.29, 1.82) is 0 Å². The SMILES string of the molecule is CCCCO[SiH](OCCCC)c1ccccc1C. The van der Waals surface area contributed by atoms with E-state index in [1.165, 1.54) is 23.6 Å². The van der Waals surface area contributed by atoms with Gasteiger partial charge in [0.15, 0.2) is 0 Å². The van der Waals surface area contributed by atoms with Gasteiger partial charge in [-0.3, -0.25) is 0 Å². The van der Waals surface area contributed by atoms with E-state index >= 15 is 0 Å². The van der Waals surface area contributed by atoms with Crippen molar-refractivity contribution in [3.63, 3.8) is 0 Å². The molecule has 0 aliphatic heterocycles. The number of hydrogen-bond donors (Lipinski definition) is 0. The van der Waals surface area contributed by atoms with Crippen LogP contribution in [0, 0.1) is 6.92 Å². The molecule has 0 aromatic heterocycles. The fourth-order valence-electron chi connectivity index (χ4n) is 1.75. The monoisotopic (exact) mass is 266 g/mol. The molecule has 18 heavy (non-hydrogen) atoms. The second-order valence-electron chi connectivity index (χ2n) is 4.64.